The molecule has 0 spiro atoms. The van der Waals surface area contributed by atoms with Gasteiger partial charge in [-0.3, -0.25) is 4.79 Å². The van der Waals surface area contributed by atoms with E-state index in [-0.39, 0.29) is 18.3 Å². The summed E-state index contributed by atoms with van der Waals surface area (Å²) < 4.78 is 12.9. The molecule has 3 N–H and O–H groups in total. The van der Waals surface area contributed by atoms with Gasteiger partial charge in [0, 0.05) is 30.9 Å². The van der Waals surface area contributed by atoms with Crippen molar-refractivity contribution < 1.29 is 19.1 Å². The number of likely N-dealkylation sites (tertiary alicyclic amines) is 1. The fourth-order valence-corrected chi connectivity index (χ4v) is 3.26. The van der Waals surface area contributed by atoms with Crippen LogP contribution in [0.2, 0.25) is 0 Å². The molecule has 3 rings (SSSR count). The van der Waals surface area contributed by atoms with Crippen molar-refractivity contribution in [2.45, 2.75) is 25.9 Å². The summed E-state index contributed by atoms with van der Waals surface area (Å²) in [5, 5.41) is 15.3. The number of aliphatic hydroxyl groups is 1. The third-order valence-electron chi connectivity index (χ3n) is 5.17. The van der Waals surface area contributed by atoms with Crippen LogP contribution in [0.5, 0.6) is 0 Å². The lowest BCUT2D eigenvalue weighted by atomic mass is 9.98. The van der Waals surface area contributed by atoms with E-state index in [0.717, 1.165) is 25.9 Å². The van der Waals surface area contributed by atoms with Gasteiger partial charge in [0.2, 0.25) is 0 Å². The fourth-order valence-electron chi connectivity index (χ4n) is 3.26. The Bertz CT molecular complexity index is 831. The molecule has 7 heteroatoms. The summed E-state index contributed by atoms with van der Waals surface area (Å²) in [6.07, 6.45) is 1.11. The van der Waals surface area contributed by atoms with Crippen LogP contribution in [0, 0.1) is 11.7 Å². The van der Waals surface area contributed by atoms with Gasteiger partial charge in [0.15, 0.2) is 0 Å². The van der Waals surface area contributed by atoms with Crippen LogP contribution in [0.4, 0.5) is 14.9 Å². The molecule has 2 aromatic rings. The molecule has 154 valence electrons. The number of benzene rings is 2. The highest BCUT2D eigenvalue weighted by molar-refractivity contribution is 5.95. The van der Waals surface area contributed by atoms with E-state index < -0.39 is 12.1 Å². The van der Waals surface area contributed by atoms with Gasteiger partial charge >= 0.3 is 6.03 Å². The van der Waals surface area contributed by atoms with E-state index in [0.29, 0.717) is 22.7 Å². The van der Waals surface area contributed by atoms with Gasteiger partial charge < -0.3 is 20.6 Å². The third-order valence-corrected chi connectivity index (χ3v) is 5.17. The number of hydrogen-bond donors (Lipinski definition) is 3. The molecule has 1 fully saturated rings. The van der Waals surface area contributed by atoms with Crippen LogP contribution in [0.3, 0.4) is 0 Å². The third kappa shape index (κ3) is 5.77. The predicted molar refractivity (Wildman–Crippen MR) is 109 cm³/mol. The molecule has 0 aromatic heterocycles. The average molecular weight is 399 g/mol. The zero-order valence-electron chi connectivity index (χ0n) is 16.4. The number of carbonyl (C=O) groups is 2. The number of hydrogen-bond acceptors (Lipinski definition) is 3. The summed E-state index contributed by atoms with van der Waals surface area (Å²) >= 11 is 0. The standard InChI is InChI=1S/C22H26FN3O3/c1-15-10-12-26(13-11-15)21(28)17-4-8-19(9-5-17)25-22(29)24-14-20(27)16-2-6-18(23)7-3-16/h2-9,15,20,27H,10-14H2,1H3,(H2,24,25,29). The lowest BCUT2D eigenvalue weighted by molar-refractivity contribution is 0.0697. The second-order valence-corrected chi connectivity index (χ2v) is 7.45. The number of rotatable bonds is 5. The number of amides is 3. The number of piperidine rings is 1. The first kappa shape index (κ1) is 20.8. The Labute approximate surface area is 169 Å². The normalized spacial score (nSPS) is 15.6. The first-order valence-electron chi connectivity index (χ1n) is 9.80. The number of nitrogens with one attached hydrogen (secondary N) is 2. The molecular weight excluding hydrogens is 373 g/mol. The molecule has 1 unspecified atom stereocenters. The molecule has 0 radical (unpaired) electrons. The molecule has 1 aliphatic rings. The van der Waals surface area contributed by atoms with Gasteiger partial charge in [0.25, 0.3) is 5.91 Å². The Kier molecular flexibility index (Phi) is 6.82. The molecular formula is C22H26FN3O3. The Morgan fingerprint density at radius 1 is 1.10 bits per heavy atom. The summed E-state index contributed by atoms with van der Waals surface area (Å²) in [5.74, 6) is 0.282. The summed E-state index contributed by atoms with van der Waals surface area (Å²) in [4.78, 5) is 26.4. The van der Waals surface area contributed by atoms with Crippen LogP contribution in [-0.2, 0) is 0 Å². The van der Waals surface area contributed by atoms with Crippen LogP contribution in [0.1, 0.15) is 41.8 Å². The first-order chi connectivity index (χ1) is 13.9. The number of carbonyl (C=O) groups excluding carboxylic acids is 2. The van der Waals surface area contributed by atoms with Crippen LogP contribution in [0.15, 0.2) is 48.5 Å². The van der Waals surface area contributed by atoms with Gasteiger partial charge in [-0.05, 0) is 60.7 Å². The van der Waals surface area contributed by atoms with Crippen molar-refractivity contribution in [2.75, 3.05) is 25.0 Å². The molecule has 3 amide bonds. The highest BCUT2D eigenvalue weighted by Crippen LogP contribution is 2.19. The van der Waals surface area contributed by atoms with Crippen LogP contribution in [0.25, 0.3) is 0 Å². The maximum atomic E-state index is 12.9. The van der Waals surface area contributed by atoms with Gasteiger partial charge in [0.1, 0.15) is 5.82 Å². The van der Waals surface area contributed by atoms with Crippen molar-refractivity contribution in [3.8, 4) is 0 Å². The van der Waals surface area contributed by atoms with E-state index in [1.807, 2.05) is 4.90 Å². The highest BCUT2D eigenvalue weighted by atomic mass is 19.1. The second-order valence-electron chi connectivity index (χ2n) is 7.45. The minimum Gasteiger partial charge on any atom is -0.387 e. The maximum Gasteiger partial charge on any atom is 0.319 e. The zero-order chi connectivity index (χ0) is 20.8. The molecule has 0 saturated carbocycles. The monoisotopic (exact) mass is 399 g/mol. The highest BCUT2D eigenvalue weighted by Gasteiger charge is 2.21. The zero-order valence-corrected chi connectivity index (χ0v) is 16.4. The van der Waals surface area contributed by atoms with E-state index in [4.69, 9.17) is 0 Å². The molecule has 6 nitrogen and oxygen atoms in total. The van der Waals surface area contributed by atoms with Crippen molar-refractivity contribution >= 4 is 17.6 Å². The molecule has 1 atom stereocenters. The van der Waals surface area contributed by atoms with Gasteiger partial charge in [0.05, 0.1) is 6.10 Å². The predicted octanol–water partition coefficient (Wildman–Crippen LogP) is 3.55. The van der Waals surface area contributed by atoms with Crippen molar-refractivity contribution in [3.05, 3.63) is 65.5 Å². The van der Waals surface area contributed by atoms with E-state index in [2.05, 4.69) is 17.6 Å². The van der Waals surface area contributed by atoms with Crippen molar-refractivity contribution in [3.63, 3.8) is 0 Å². The maximum absolute atomic E-state index is 12.9. The molecule has 29 heavy (non-hydrogen) atoms. The Balaban J connectivity index is 1.48. The molecule has 1 heterocycles. The van der Waals surface area contributed by atoms with Crippen molar-refractivity contribution in [2.24, 2.45) is 5.92 Å². The van der Waals surface area contributed by atoms with E-state index >= 15 is 0 Å². The SMILES string of the molecule is CC1CCN(C(=O)c2ccc(NC(=O)NCC(O)c3ccc(F)cc3)cc2)CC1. The van der Waals surface area contributed by atoms with Crippen LogP contribution in [-0.4, -0.2) is 41.6 Å². The molecule has 1 aliphatic heterocycles. The summed E-state index contributed by atoms with van der Waals surface area (Å²) in [5.41, 5.74) is 1.65. The minimum atomic E-state index is -0.936. The number of anilines is 1. The smallest absolute Gasteiger partial charge is 0.319 e. The lowest BCUT2D eigenvalue weighted by Gasteiger charge is -2.30. The van der Waals surface area contributed by atoms with Gasteiger partial charge in [-0.2, -0.15) is 0 Å². The Morgan fingerprint density at radius 2 is 1.72 bits per heavy atom. The van der Waals surface area contributed by atoms with Crippen molar-refractivity contribution in [1.82, 2.24) is 10.2 Å². The average Bonchev–Trinajstić information content (AvgIpc) is 2.73. The van der Waals surface area contributed by atoms with E-state index in [9.17, 15) is 19.1 Å². The summed E-state index contributed by atoms with van der Waals surface area (Å²) in [7, 11) is 0. The first-order valence-corrected chi connectivity index (χ1v) is 9.80. The molecule has 0 bridgehead atoms. The van der Waals surface area contributed by atoms with Crippen LogP contribution < -0.4 is 10.6 Å². The number of aliphatic hydroxyl groups excluding tert-OH is 1. The molecule has 1 saturated heterocycles. The number of urea groups is 1. The van der Waals surface area contributed by atoms with Gasteiger partial charge in [-0.15, -0.1) is 0 Å². The van der Waals surface area contributed by atoms with E-state index in [1.165, 1.54) is 24.3 Å². The molecule has 0 aliphatic carbocycles. The van der Waals surface area contributed by atoms with E-state index in [1.54, 1.807) is 24.3 Å². The van der Waals surface area contributed by atoms with Gasteiger partial charge in [-0.1, -0.05) is 19.1 Å². The minimum absolute atomic E-state index is 0.00956. The number of nitrogens with zero attached hydrogens (tertiary/aromatic N) is 1. The quantitative estimate of drug-likeness (QED) is 0.719. The fraction of sp³-hybridized carbons (Fsp3) is 0.364. The summed E-state index contributed by atoms with van der Waals surface area (Å²) in [6, 6.07) is 11.7. The largest absolute Gasteiger partial charge is 0.387 e. The van der Waals surface area contributed by atoms with Crippen molar-refractivity contribution in [1.29, 1.82) is 0 Å². The molecule has 2 aromatic carbocycles. The number of halogens is 1. The Hall–Kier alpha value is -2.93. The lowest BCUT2D eigenvalue weighted by Crippen LogP contribution is -2.37. The summed E-state index contributed by atoms with van der Waals surface area (Å²) in [6.45, 7) is 3.74. The Morgan fingerprint density at radius 3 is 2.34 bits per heavy atom. The van der Waals surface area contributed by atoms with Gasteiger partial charge in [-0.25, -0.2) is 9.18 Å². The second kappa shape index (κ2) is 9.52. The van der Waals surface area contributed by atoms with Crippen LogP contribution >= 0.6 is 0 Å². The topological polar surface area (TPSA) is 81.7 Å².